The van der Waals surface area contributed by atoms with Gasteiger partial charge in [0.25, 0.3) is 0 Å². The van der Waals surface area contributed by atoms with Crippen molar-refractivity contribution in [3.8, 4) is 0 Å². The van der Waals surface area contributed by atoms with Gasteiger partial charge in [0.1, 0.15) is 11.6 Å². The van der Waals surface area contributed by atoms with Crippen molar-refractivity contribution in [2.45, 2.75) is 13.5 Å². The van der Waals surface area contributed by atoms with Crippen LogP contribution in [0.25, 0.3) is 0 Å². The van der Waals surface area contributed by atoms with Crippen LogP contribution in [0.4, 0.5) is 5.82 Å². The van der Waals surface area contributed by atoms with E-state index in [1.165, 1.54) is 0 Å². The SMILES string of the molecule is Cc1cn(Cc2nccn2C)nc1N. The average molecular weight is 191 g/mol. The van der Waals surface area contributed by atoms with Crippen LogP contribution in [0.1, 0.15) is 11.4 Å². The summed E-state index contributed by atoms with van der Waals surface area (Å²) in [6, 6.07) is 0. The van der Waals surface area contributed by atoms with Crippen molar-refractivity contribution in [2.24, 2.45) is 7.05 Å². The van der Waals surface area contributed by atoms with Crippen LogP contribution in [0.15, 0.2) is 18.6 Å². The summed E-state index contributed by atoms with van der Waals surface area (Å²) in [5.41, 5.74) is 6.65. The Labute approximate surface area is 82.2 Å². The number of aryl methyl sites for hydroxylation is 2. The van der Waals surface area contributed by atoms with Gasteiger partial charge >= 0.3 is 0 Å². The molecule has 0 aliphatic heterocycles. The second-order valence-electron chi connectivity index (χ2n) is 3.35. The Bertz CT molecular complexity index is 420. The van der Waals surface area contributed by atoms with Gasteiger partial charge < -0.3 is 10.3 Å². The fourth-order valence-corrected chi connectivity index (χ4v) is 1.31. The van der Waals surface area contributed by atoms with Crippen molar-refractivity contribution >= 4 is 5.82 Å². The summed E-state index contributed by atoms with van der Waals surface area (Å²) >= 11 is 0. The Hall–Kier alpha value is -1.78. The van der Waals surface area contributed by atoms with Gasteiger partial charge in [-0.05, 0) is 6.92 Å². The molecular weight excluding hydrogens is 178 g/mol. The smallest absolute Gasteiger partial charge is 0.148 e. The molecule has 0 radical (unpaired) electrons. The number of anilines is 1. The maximum Gasteiger partial charge on any atom is 0.148 e. The molecule has 0 amide bonds. The Kier molecular flexibility index (Phi) is 1.99. The number of rotatable bonds is 2. The molecule has 0 saturated heterocycles. The van der Waals surface area contributed by atoms with Gasteiger partial charge in [-0.1, -0.05) is 0 Å². The van der Waals surface area contributed by atoms with Crippen molar-refractivity contribution < 1.29 is 0 Å². The van der Waals surface area contributed by atoms with Gasteiger partial charge in [-0.3, -0.25) is 4.68 Å². The Morgan fingerprint density at radius 3 is 2.79 bits per heavy atom. The van der Waals surface area contributed by atoms with E-state index in [0.29, 0.717) is 12.4 Å². The fourth-order valence-electron chi connectivity index (χ4n) is 1.31. The number of hydrogen-bond acceptors (Lipinski definition) is 3. The molecule has 2 heterocycles. The number of aromatic nitrogens is 4. The molecule has 0 bridgehead atoms. The van der Waals surface area contributed by atoms with E-state index in [0.717, 1.165) is 11.4 Å². The molecule has 0 unspecified atom stereocenters. The lowest BCUT2D eigenvalue weighted by Gasteiger charge is -2.00. The first kappa shape index (κ1) is 8.80. The predicted molar refractivity (Wildman–Crippen MR) is 53.7 cm³/mol. The quantitative estimate of drug-likeness (QED) is 0.754. The van der Waals surface area contributed by atoms with Crippen molar-refractivity contribution in [3.63, 3.8) is 0 Å². The van der Waals surface area contributed by atoms with Gasteiger partial charge in [0.05, 0.1) is 6.54 Å². The zero-order valence-corrected chi connectivity index (χ0v) is 8.31. The van der Waals surface area contributed by atoms with Gasteiger partial charge in [0.2, 0.25) is 0 Å². The molecule has 14 heavy (non-hydrogen) atoms. The average Bonchev–Trinajstić information content (AvgIpc) is 2.63. The lowest BCUT2D eigenvalue weighted by atomic mass is 10.4. The minimum Gasteiger partial charge on any atom is -0.382 e. The summed E-state index contributed by atoms with van der Waals surface area (Å²) in [6.07, 6.45) is 5.61. The monoisotopic (exact) mass is 191 g/mol. The Morgan fingerprint density at radius 2 is 2.29 bits per heavy atom. The minimum atomic E-state index is 0.583. The third kappa shape index (κ3) is 1.48. The van der Waals surface area contributed by atoms with Crippen molar-refractivity contribution in [1.82, 2.24) is 19.3 Å². The van der Waals surface area contributed by atoms with Crippen LogP contribution in [0, 0.1) is 6.92 Å². The minimum absolute atomic E-state index is 0.583. The highest BCUT2D eigenvalue weighted by Crippen LogP contribution is 2.07. The molecule has 5 heteroatoms. The molecule has 2 aromatic rings. The number of nitrogens with two attached hydrogens (primary N) is 1. The van der Waals surface area contributed by atoms with Crippen LogP contribution in [-0.4, -0.2) is 19.3 Å². The zero-order chi connectivity index (χ0) is 10.1. The maximum atomic E-state index is 5.65. The lowest BCUT2D eigenvalue weighted by molar-refractivity contribution is 0.634. The van der Waals surface area contributed by atoms with E-state index in [-0.39, 0.29) is 0 Å². The van der Waals surface area contributed by atoms with Crippen LogP contribution in [-0.2, 0) is 13.6 Å². The van der Waals surface area contributed by atoms with Gasteiger partial charge in [0.15, 0.2) is 0 Å². The van der Waals surface area contributed by atoms with Gasteiger partial charge in [-0.15, -0.1) is 0 Å². The molecule has 0 saturated carbocycles. The third-order valence-electron chi connectivity index (χ3n) is 2.21. The van der Waals surface area contributed by atoms with Crippen molar-refractivity contribution in [2.75, 3.05) is 5.73 Å². The molecule has 0 atom stereocenters. The van der Waals surface area contributed by atoms with Crippen LogP contribution < -0.4 is 5.73 Å². The van der Waals surface area contributed by atoms with Crippen molar-refractivity contribution in [1.29, 1.82) is 0 Å². The lowest BCUT2D eigenvalue weighted by Crippen LogP contribution is -2.06. The first-order valence-corrected chi connectivity index (χ1v) is 4.42. The number of imidazole rings is 1. The molecule has 0 aromatic carbocycles. The summed E-state index contributed by atoms with van der Waals surface area (Å²) in [5, 5.41) is 4.17. The predicted octanol–water partition coefficient (Wildman–Crippen LogP) is 0.556. The highest BCUT2D eigenvalue weighted by Gasteiger charge is 2.04. The molecule has 0 spiro atoms. The van der Waals surface area contributed by atoms with Gasteiger partial charge in [0, 0.05) is 31.2 Å². The third-order valence-corrected chi connectivity index (χ3v) is 2.21. The molecule has 74 valence electrons. The first-order chi connectivity index (χ1) is 6.66. The van der Waals surface area contributed by atoms with E-state index < -0.39 is 0 Å². The van der Waals surface area contributed by atoms with Crippen LogP contribution in [0.2, 0.25) is 0 Å². The second-order valence-corrected chi connectivity index (χ2v) is 3.35. The standard InChI is InChI=1S/C9H13N5/c1-7-5-14(12-9(7)10)6-8-11-3-4-13(8)2/h3-5H,6H2,1-2H3,(H2,10,12). The van der Waals surface area contributed by atoms with E-state index in [4.69, 9.17) is 5.73 Å². The van der Waals surface area contributed by atoms with E-state index >= 15 is 0 Å². The maximum absolute atomic E-state index is 5.65. The molecule has 5 nitrogen and oxygen atoms in total. The van der Waals surface area contributed by atoms with E-state index in [9.17, 15) is 0 Å². The highest BCUT2D eigenvalue weighted by molar-refractivity contribution is 5.35. The topological polar surface area (TPSA) is 61.7 Å². The molecule has 0 fully saturated rings. The number of nitrogen functional groups attached to an aromatic ring is 1. The summed E-state index contributed by atoms with van der Waals surface area (Å²) in [7, 11) is 1.96. The van der Waals surface area contributed by atoms with Gasteiger partial charge in [-0.2, -0.15) is 5.10 Å². The summed E-state index contributed by atoms with van der Waals surface area (Å²) in [4.78, 5) is 4.21. The van der Waals surface area contributed by atoms with Crippen LogP contribution in [0.3, 0.4) is 0 Å². The second kappa shape index (κ2) is 3.17. The molecule has 0 aliphatic rings. The summed E-state index contributed by atoms with van der Waals surface area (Å²) in [5.74, 6) is 1.55. The summed E-state index contributed by atoms with van der Waals surface area (Å²) in [6.45, 7) is 2.60. The molecule has 2 N–H and O–H groups in total. The molecule has 2 rings (SSSR count). The largest absolute Gasteiger partial charge is 0.382 e. The van der Waals surface area contributed by atoms with Crippen molar-refractivity contribution in [3.05, 3.63) is 30.0 Å². The fraction of sp³-hybridized carbons (Fsp3) is 0.333. The van der Waals surface area contributed by atoms with E-state index in [1.54, 1.807) is 10.9 Å². The normalized spacial score (nSPS) is 10.7. The highest BCUT2D eigenvalue weighted by atomic mass is 15.3. The Balaban J connectivity index is 2.23. The molecular formula is C9H13N5. The number of nitrogens with zero attached hydrogens (tertiary/aromatic N) is 4. The molecule has 0 aliphatic carbocycles. The van der Waals surface area contributed by atoms with Crippen LogP contribution in [0.5, 0.6) is 0 Å². The van der Waals surface area contributed by atoms with Crippen LogP contribution >= 0.6 is 0 Å². The van der Waals surface area contributed by atoms with Gasteiger partial charge in [-0.25, -0.2) is 4.98 Å². The zero-order valence-electron chi connectivity index (χ0n) is 8.31. The number of hydrogen-bond donors (Lipinski definition) is 1. The first-order valence-electron chi connectivity index (χ1n) is 4.42. The van der Waals surface area contributed by atoms with E-state index in [2.05, 4.69) is 10.1 Å². The van der Waals surface area contributed by atoms with E-state index in [1.807, 2.05) is 30.9 Å². The summed E-state index contributed by atoms with van der Waals surface area (Å²) < 4.78 is 3.76. The Morgan fingerprint density at radius 1 is 1.50 bits per heavy atom. The molecule has 2 aromatic heterocycles.